The molecule has 0 unspecified atom stereocenters. The Morgan fingerprint density at radius 1 is 0.829 bits per heavy atom. The van der Waals surface area contributed by atoms with Crippen LogP contribution in [0.5, 0.6) is 0 Å². The molecule has 5 rings (SSSR count). The molecule has 2 aromatic carbocycles. The highest BCUT2D eigenvalue weighted by molar-refractivity contribution is 6.32. The van der Waals surface area contributed by atoms with Crippen molar-refractivity contribution in [3.05, 3.63) is 106 Å². The standard InChI is InChI=1S/C38H48ClN2/c1-7-8-9-10-15-27-41-33-22-14-12-20-31(33)38(4,5)35(41)26-24-29-18-16-17-28(36(29)39)23-25-34-37(2,3)30-19-11-13-21-32(30)40(34)6/h11-14,19-26H,7-10,15-18,27H2,1-6H3/q+1. The van der Waals surface area contributed by atoms with E-state index in [0.717, 1.165) is 30.8 Å². The quantitative estimate of drug-likeness (QED) is 0.216. The van der Waals surface area contributed by atoms with E-state index in [0.29, 0.717) is 0 Å². The van der Waals surface area contributed by atoms with E-state index in [-0.39, 0.29) is 10.8 Å². The number of hydrogen-bond donors (Lipinski definition) is 0. The van der Waals surface area contributed by atoms with Gasteiger partial charge in [0.05, 0.1) is 5.41 Å². The predicted molar refractivity (Wildman–Crippen MR) is 178 cm³/mol. The Morgan fingerprint density at radius 3 is 2.29 bits per heavy atom. The third-order valence-electron chi connectivity index (χ3n) is 9.57. The van der Waals surface area contributed by atoms with Gasteiger partial charge in [0.15, 0.2) is 5.71 Å². The molecule has 2 nitrogen and oxygen atoms in total. The average Bonchev–Trinajstić information content (AvgIpc) is 3.30. The third kappa shape index (κ3) is 5.65. The van der Waals surface area contributed by atoms with Crippen molar-refractivity contribution in [1.82, 2.24) is 0 Å². The zero-order valence-electron chi connectivity index (χ0n) is 26.1. The summed E-state index contributed by atoms with van der Waals surface area (Å²) in [6.45, 7) is 12.7. The fourth-order valence-electron chi connectivity index (χ4n) is 7.12. The summed E-state index contributed by atoms with van der Waals surface area (Å²) in [5.41, 5.74) is 10.6. The Bertz CT molecular complexity index is 1450. The number of unbranched alkanes of at least 4 members (excludes halogenated alkanes) is 4. The van der Waals surface area contributed by atoms with E-state index < -0.39 is 0 Å². The topological polar surface area (TPSA) is 6.25 Å². The number of nitrogens with zero attached hydrogens (tertiary/aromatic N) is 2. The molecule has 216 valence electrons. The molecule has 0 aromatic heterocycles. The first kappa shape index (κ1) is 29.6. The third-order valence-corrected chi connectivity index (χ3v) is 10.1. The molecule has 0 atom stereocenters. The van der Waals surface area contributed by atoms with E-state index in [1.807, 2.05) is 0 Å². The second-order valence-electron chi connectivity index (χ2n) is 13.1. The van der Waals surface area contributed by atoms with Gasteiger partial charge in [0.25, 0.3) is 0 Å². The van der Waals surface area contributed by atoms with Gasteiger partial charge in [-0.05, 0) is 68.4 Å². The summed E-state index contributed by atoms with van der Waals surface area (Å²) in [7, 11) is 2.18. The maximum absolute atomic E-state index is 7.14. The molecule has 2 aliphatic heterocycles. The minimum Gasteiger partial charge on any atom is -0.344 e. The average molecular weight is 568 g/mol. The van der Waals surface area contributed by atoms with Gasteiger partial charge in [-0.3, -0.25) is 0 Å². The molecule has 1 aliphatic carbocycles. The van der Waals surface area contributed by atoms with E-state index >= 15 is 0 Å². The van der Waals surface area contributed by atoms with E-state index in [4.69, 9.17) is 11.6 Å². The van der Waals surface area contributed by atoms with Gasteiger partial charge in [0.1, 0.15) is 7.05 Å². The number of allylic oxidation sites excluding steroid dienone is 8. The number of para-hydroxylation sites is 2. The van der Waals surface area contributed by atoms with Crippen LogP contribution in [0.3, 0.4) is 0 Å². The second kappa shape index (κ2) is 12.2. The van der Waals surface area contributed by atoms with E-state index in [9.17, 15) is 0 Å². The highest BCUT2D eigenvalue weighted by atomic mass is 35.5. The SMILES string of the molecule is CCCCCCCN1C(=CC=C2CCCC(C=CC3=[N+](C)c4ccccc4C3(C)C)=C2Cl)C(C)(C)c2ccccc21. The number of benzene rings is 2. The van der Waals surface area contributed by atoms with Crippen LogP contribution >= 0.6 is 11.6 Å². The lowest BCUT2D eigenvalue weighted by Crippen LogP contribution is -2.27. The Labute approximate surface area is 253 Å². The molecule has 0 fully saturated rings. The number of anilines is 1. The van der Waals surface area contributed by atoms with Crippen molar-refractivity contribution in [3.63, 3.8) is 0 Å². The molecule has 0 radical (unpaired) electrons. The van der Waals surface area contributed by atoms with Crippen LogP contribution < -0.4 is 4.90 Å². The lowest BCUT2D eigenvalue weighted by Gasteiger charge is -2.27. The Kier molecular flexibility index (Phi) is 8.81. The number of hydrogen-bond acceptors (Lipinski definition) is 1. The molecule has 2 aromatic rings. The fraction of sp³-hybridized carbons (Fsp3) is 0.447. The van der Waals surface area contributed by atoms with Gasteiger partial charge >= 0.3 is 0 Å². The molecule has 3 heteroatoms. The zero-order chi connectivity index (χ0) is 29.2. The van der Waals surface area contributed by atoms with Crippen molar-refractivity contribution < 1.29 is 4.58 Å². The van der Waals surface area contributed by atoms with Crippen molar-refractivity contribution >= 4 is 28.7 Å². The predicted octanol–water partition coefficient (Wildman–Crippen LogP) is 10.5. The molecule has 3 aliphatic rings. The molecule has 0 saturated heterocycles. The maximum atomic E-state index is 7.14. The van der Waals surface area contributed by atoms with Crippen molar-refractivity contribution in [1.29, 1.82) is 0 Å². The minimum absolute atomic E-state index is 0.0321. The summed E-state index contributed by atoms with van der Waals surface area (Å²) in [5, 5.41) is 0.931. The van der Waals surface area contributed by atoms with Crippen LogP contribution in [-0.4, -0.2) is 23.9 Å². The normalized spacial score (nSPS) is 21.5. The molecule has 2 heterocycles. The van der Waals surface area contributed by atoms with E-state index in [2.05, 4.69) is 124 Å². The lowest BCUT2D eigenvalue weighted by atomic mass is 9.81. The molecule has 0 amide bonds. The highest BCUT2D eigenvalue weighted by Crippen LogP contribution is 2.48. The first-order chi connectivity index (χ1) is 19.7. The number of rotatable bonds is 9. The zero-order valence-corrected chi connectivity index (χ0v) is 26.8. The lowest BCUT2D eigenvalue weighted by molar-refractivity contribution is -0.401. The smallest absolute Gasteiger partial charge is 0.209 e. The molecule has 0 bridgehead atoms. The number of halogens is 1. The summed E-state index contributed by atoms with van der Waals surface area (Å²) in [5.74, 6) is 0. The van der Waals surface area contributed by atoms with Crippen molar-refractivity contribution in [3.8, 4) is 0 Å². The highest BCUT2D eigenvalue weighted by Gasteiger charge is 2.42. The van der Waals surface area contributed by atoms with E-state index in [1.54, 1.807) is 0 Å². The Morgan fingerprint density at radius 2 is 1.54 bits per heavy atom. The van der Waals surface area contributed by atoms with Crippen LogP contribution in [0.1, 0.15) is 97.1 Å². The van der Waals surface area contributed by atoms with Gasteiger partial charge in [0, 0.05) is 46.1 Å². The van der Waals surface area contributed by atoms with Crippen LogP contribution in [0.4, 0.5) is 11.4 Å². The molecular formula is C38H48ClN2+. The van der Waals surface area contributed by atoms with Gasteiger partial charge in [-0.2, -0.15) is 4.58 Å². The molecule has 0 saturated carbocycles. The minimum atomic E-state index is -0.0328. The summed E-state index contributed by atoms with van der Waals surface area (Å²) >= 11 is 7.14. The van der Waals surface area contributed by atoms with Crippen molar-refractivity contribution in [2.24, 2.45) is 0 Å². The fourth-order valence-corrected chi connectivity index (χ4v) is 7.44. The molecule has 41 heavy (non-hydrogen) atoms. The van der Waals surface area contributed by atoms with Gasteiger partial charge in [-0.25, -0.2) is 0 Å². The first-order valence-electron chi connectivity index (χ1n) is 15.7. The van der Waals surface area contributed by atoms with Crippen molar-refractivity contribution in [2.75, 3.05) is 18.5 Å². The van der Waals surface area contributed by atoms with Crippen LogP contribution in [0.15, 0.2) is 94.7 Å². The summed E-state index contributed by atoms with van der Waals surface area (Å²) in [6.07, 6.45) is 18.9. The van der Waals surface area contributed by atoms with Crippen LogP contribution in [0.2, 0.25) is 0 Å². The van der Waals surface area contributed by atoms with Crippen molar-refractivity contribution in [2.45, 2.75) is 96.8 Å². The Balaban J connectivity index is 1.42. The monoisotopic (exact) mass is 567 g/mol. The summed E-state index contributed by atoms with van der Waals surface area (Å²) in [4.78, 5) is 2.58. The first-order valence-corrected chi connectivity index (χ1v) is 16.1. The summed E-state index contributed by atoms with van der Waals surface area (Å²) < 4.78 is 2.33. The van der Waals surface area contributed by atoms with Gasteiger partial charge < -0.3 is 4.90 Å². The second-order valence-corrected chi connectivity index (χ2v) is 13.4. The molecule has 0 spiro atoms. The maximum Gasteiger partial charge on any atom is 0.209 e. The van der Waals surface area contributed by atoms with E-state index in [1.165, 1.54) is 77.2 Å². The van der Waals surface area contributed by atoms with Crippen LogP contribution in [0.25, 0.3) is 0 Å². The molecular weight excluding hydrogens is 520 g/mol. The Hall–Kier alpha value is -2.84. The molecule has 0 N–H and O–H groups in total. The van der Waals surface area contributed by atoms with Gasteiger partial charge in [0.2, 0.25) is 5.69 Å². The van der Waals surface area contributed by atoms with Gasteiger partial charge in [-0.15, -0.1) is 0 Å². The summed E-state index contributed by atoms with van der Waals surface area (Å²) in [6, 6.07) is 17.7. The largest absolute Gasteiger partial charge is 0.344 e. The van der Waals surface area contributed by atoms with Crippen LogP contribution in [-0.2, 0) is 10.8 Å². The van der Waals surface area contributed by atoms with Gasteiger partial charge in [-0.1, -0.05) is 107 Å². The van der Waals surface area contributed by atoms with Crippen LogP contribution in [0, 0.1) is 0 Å². The number of fused-ring (bicyclic) bond motifs is 2.